The molecule has 3 aliphatic rings. The Labute approximate surface area is 275 Å². The van der Waals surface area contributed by atoms with Gasteiger partial charge in [0.1, 0.15) is 0 Å². The molecule has 0 saturated carbocycles. The summed E-state index contributed by atoms with van der Waals surface area (Å²) in [6, 6.07) is 11.4. The van der Waals surface area contributed by atoms with Gasteiger partial charge in [0, 0.05) is 53.5 Å². The van der Waals surface area contributed by atoms with Gasteiger partial charge < -0.3 is 19.7 Å². The molecule has 0 fully saturated rings. The molecule has 1 N–H and O–H groups in total. The highest BCUT2D eigenvalue weighted by atomic mass is 79.9. The van der Waals surface area contributed by atoms with Gasteiger partial charge in [-0.25, -0.2) is 0 Å². The van der Waals surface area contributed by atoms with Crippen LogP contribution in [0.1, 0.15) is 90.7 Å². The van der Waals surface area contributed by atoms with Crippen molar-refractivity contribution >= 4 is 39.1 Å². The summed E-state index contributed by atoms with van der Waals surface area (Å²) in [5, 5.41) is 2.90. The van der Waals surface area contributed by atoms with Crippen LogP contribution in [0, 0.1) is 17.8 Å². The molecule has 0 aromatic heterocycles. The fourth-order valence-electron chi connectivity index (χ4n) is 7.07. The highest BCUT2D eigenvalue weighted by molar-refractivity contribution is 9.10. The number of benzene rings is 2. The molecule has 0 unspecified atom stereocenters. The molecule has 0 radical (unpaired) electrons. The Morgan fingerprint density at radius 2 is 1.53 bits per heavy atom. The molecule has 2 aliphatic carbocycles. The van der Waals surface area contributed by atoms with E-state index in [2.05, 4.69) is 60.8 Å². The third-order valence-corrected chi connectivity index (χ3v) is 9.49. The molecule has 2 aromatic rings. The van der Waals surface area contributed by atoms with Crippen LogP contribution >= 0.6 is 15.9 Å². The number of Topliss-reactive ketones (excluding diaryl/α,β-unsaturated/α-hetero) is 2. The van der Waals surface area contributed by atoms with E-state index in [4.69, 9.17) is 9.47 Å². The highest BCUT2D eigenvalue weighted by Gasteiger charge is 2.49. The molecule has 45 heavy (non-hydrogen) atoms. The number of para-hydroxylation sites is 1. The van der Waals surface area contributed by atoms with Crippen LogP contribution < -0.4 is 14.8 Å². The van der Waals surface area contributed by atoms with Crippen molar-refractivity contribution in [3.05, 3.63) is 74.5 Å². The third kappa shape index (κ3) is 6.76. The van der Waals surface area contributed by atoms with Gasteiger partial charge in [0.25, 0.3) is 5.91 Å². The van der Waals surface area contributed by atoms with Crippen LogP contribution in [0.2, 0.25) is 0 Å². The van der Waals surface area contributed by atoms with Crippen LogP contribution in [-0.4, -0.2) is 42.1 Å². The van der Waals surface area contributed by atoms with Gasteiger partial charge in [-0.2, -0.15) is 0 Å². The Hall–Kier alpha value is -3.39. The third-order valence-electron chi connectivity index (χ3n) is 8.90. The predicted octanol–water partition coefficient (Wildman–Crippen LogP) is 8.27. The van der Waals surface area contributed by atoms with Crippen molar-refractivity contribution in [3.63, 3.8) is 0 Å². The summed E-state index contributed by atoms with van der Waals surface area (Å²) in [5.74, 6) is 0.265. The Morgan fingerprint density at radius 1 is 0.933 bits per heavy atom. The van der Waals surface area contributed by atoms with Crippen molar-refractivity contribution in [1.29, 1.82) is 0 Å². The lowest BCUT2D eigenvalue weighted by atomic mass is 9.63. The fraction of sp³-hybridized carbons (Fsp3) is 0.486. The summed E-state index contributed by atoms with van der Waals surface area (Å²) in [7, 11) is 0. The molecule has 0 bridgehead atoms. The van der Waals surface area contributed by atoms with Crippen molar-refractivity contribution < 1.29 is 23.9 Å². The van der Waals surface area contributed by atoms with Crippen LogP contribution in [0.3, 0.4) is 0 Å². The van der Waals surface area contributed by atoms with Gasteiger partial charge in [0.05, 0.1) is 11.1 Å². The fourth-order valence-corrected chi connectivity index (χ4v) is 7.64. The molecule has 2 aromatic carbocycles. The zero-order valence-electron chi connectivity index (χ0n) is 27.6. The van der Waals surface area contributed by atoms with E-state index in [1.54, 1.807) is 0 Å². The first-order valence-corrected chi connectivity index (χ1v) is 16.8. The number of nitrogens with one attached hydrogen (secondary N) is 1. The molecule has 8 heteroatoms. The Balaban J connectivity index is 1.58. The van der Waals surface area contributed by atoms with Gasteiger partial charge in [-0.1, -0.05) is 52.8 Å². The molecular weight excluding hydrogens is 632 g/mol. The van der Waals surface area contributed by atoms with Gasteiger partial charge >= 0.3 is 0 Å². The number of hydrogen-bond acceptors (Lipinski definition) is 6. The smallest absolute Gasteiger partial charge is 0.262 e. The van der Waals surface area contributed by atoms with Crippen LogP contribution in [0.4, 0.5) is 5.69 Å². The average Bonchev–Trinajstić information content (AvgIpc) is 2.93. The van der Waals surface area contributed by atoms with Gasteiger partial charge in [-0.15, -0.1) is 0 Å². The summed E-state index contributed by atoms with van der Waals surface area (Å²) < 4.78 is 12.7. The van der Waals surface area contributed by atoms with Gasteiger partial charge in [0.15, 0.2) is 29.7 Å². The molecule has 240 valence electrons. The topological polar surface area (TPSA) is 84.9 Å². The minimum Gasteiger partial charge on any atom is -0.490 e. The zero-order chi connectivity index (χ0) is 32.7. The standard InChI is InChI=1S/C37H45BrN2O5/c1-8-14-40-26-17-36(4,5)19-28(41)33(26)32(34-27(40)18-37(6,7)20-29(34)42)23-15-24(38)35(30(16-23)44-9-2)45-21-31(43)39-25-13-11-10-12-22(25)3/h10-13,15-16,32H,8-9,14,17-21H2,1-7H3,(H,39,43). The second kappa shape index (κ2) is 12.8. The van der Waals surface area contributed by atoms with Crippen molar-refractivity contribution in [3.8, 4) is 11.5 Å². The van der Waals surface area contributed by atoms with Crippen molar-refractivity contribution in [2.45, 2.75) is 86.5 Å². The van der Waals surface area contributed by atoms with Crippen LogP contribution in [-0.2, 0) is 14.4 Å². The number of amides is 1. The second-order valence-electron chi connectivity index (χ2n) is 14.1. The first kappa shape index (κ1) is 33.0. The van der Waals surface area contributed by atoms with Crippen molar-refractivity contribution in [1.82, 2.24) is 4.90 Å². The minimum absolute atomic E-state index is 0.0961. The number of ketones is 2. The van der Waals surface area contributed by atoms with Crippen molar-refractivity contribution in [2.75, 3.05) is 25.1 Å². The van der Waals surface area contributed by atoms with Gasteiger partial charge in [0.2, 0.25) is 0 Å². The normalized spacial score (nSPS) is 19.3. The van der Waals surface area contributed by atoms with E-state index >= 15 is 0 Å². The van der Waals surface area contributed by atoms with Crippen LogP contribution in [0.25, 0.3) is 0 Å². The van der Waals surface area contributed by atoms with E-state index in [1.807, 2.05) is 50.2 Å². The van der Waals surface area contributed by atoms with Gasteiger partial charge in [-0.3, -0.25) is 14.4 Å². The Morgan fingerprint density at radius 3 is 2.09 bits per heavy atom. The number of carbonyl (C=O) groups excluding carboxylic acids is 3. The van der Waals surface area contributed by atoms with Gasteiger partial charge in [-0.05, 0) is 89.2 Å². The number of carbonyl (C=O) groups is 3. The number of ether oxygens (including phenoxy) is 2. The molecule has 5 rings (SSSR count). The molecule has 0 atom stereocenters. The number of nitrogens with zero attached hydrogens (tertiary/aromatic N) is 1. The highest BCUT2D eigenvalue weighted by Crippen LogP contribution is 2.55. The lowest BCUT2D eigenvalue weighted by Crippen LogP contribution is -2.44. The number of rotatable bonds is 9. The monoisotopic (exact) mass is 676 g/mol. The zero-order valence-corrected chi connectivity index (χ0v) is 29.2. The molecule has 7 nitrogen and oxygen atoms in total. The minimum atomic E-state index is -0.496. The molecule has 1 aliphatic heterocycles. The first-order chi connectivity index (χ1) is 21.2. The van der Waals surface area contributed by atoms with E-state index in [0.29, 0.717) is 35.4 Å². The number of allylic oxidation sites excluding steroid dienone is 4. The Kier molecular flexibility index (Phi) is 9.37. The van der Waals surface area contributed by atoms with Crippen LogP contribution in [0.5, 0.6) is 11.5 Å². The molecule has 1 heterocycles. The maximum Gasteiger partial charge on any atom is 0.262 e. The second-order valence-corrected chi connectivity index (χ2v) is 15.0. The SMILES string of the molecule is CCCN1C2=C(C(=O)CC(C)(C)C2)C(c2cc(Br)c(OCC(=O)Nc3ccccc3C)c(OCC)c2)C2=C1CC(C)(C)CC2=O. The van der Waals surface area contributed by atoms with E-state index in [1.165, 1.54) is 0 Å². The number of anilines is 1. The number of aryl methyl sites for hydroxylation is 1. The summed E-state index contributed by atoms with van der Waals surface area (Å²) >= 11 is 3.69. The first-order valence-electron chi connectivity index (χ1n) is 16.0. The lowest BCUT2D eigenvalue weighted by molar-refractivity contribution is -0.120. The number of hydrogen-bond donors (Lipinski definition) is 1. The van der Waals surface area contributed by atoms with E-state index < -0.39 is 5.92 Å². The largest absolute Gasteiger partial charge is 0.490 e. The van der Waals surface area contributed by atoms with E-state index in [-0.39, 0.29) is 34.9 Å². The average molecular weight is 678 g/mol. The molecule has 0 spiro atoms. The summed E-state index contributed by atoms with van der Waals surface area (Å²) in [6.07, 6.45) is 3.31. The summed E-state index contributed by atoms with van der Waals surface area (Å²) in [6.45, 7) is 15.5. The lowest BCUT2D eigenvalue weighted by Gasteiger charge is -2.49. The predicted molar refractivity (Wildman–Crippen MR) is 180 cm³/mol. The summed E-state index contributed by atoms with van der Waals surface area (Å²) in [5.41, 5.74) is 5.71. The molecule has 0 saturated heterocycles. The maximum atomic E-state index is 14.1. The number of halogens is 1. The summed E-state index contributed by atoms with van der Waals surface area (Å²) in [4.78, 5) is 43.3. The van der Waals surface area contributed by atoms with E-state index in [0.717, 1.165) is 65.2 Å². The molecule has 1 amide bonds. The molecular formula is C37H45BrN2O5. The quantitative estimate of drug-likeness (QED) is 0.288. The van der Waals surface area contributed by atoms with Crippen LogP contribution in [0.15, 0.2) is 63.4 Å². The van der Waals surface area contributed by atoms with Crippen molar-refractivity contribution in [2.24, 2.45) is 10.8 Å². The maximum absolute atomic E-state index is 14.1. The van der Waals surface area contributed by atoms with E-state index in [9.17, 15) is 14.4 Å². The Bertz CT molecular complexity index is 1550.